The maximum Gasteiger partial charge on any atom is 0.320 e. The van der Waals surface area contributed by atoms with E-state index in [-0.39, 0.29) is 6.04 Å². The van der Waals surface area contributed by atoms with Gasteiger partial charge in [0.25, 0.3) is 0 Å². The van der Waals surface area contributed by atoms with Crippen molar-refractivity contribution in [1.82, 2.24) is 10.2 Å². The lowest BCUT2D eigenvalue weighted by molar-refractivity contribution is -0.140. The van der Waals surface area contributed by atoms with Crippen molar-refractivity contribution < 1.29 is 9.90 Å². The number of aliphatic carboxylic acids is 1. The minimum absolute atomic E-state index is 0.210. The van der Waals surface area contributed by atoms with Gasteiger partial charge in [0.05, 0.1) is 0 Å². The molecule has 1 fully saturated rings. The zero-order chi connectivity index (χ0) is 13.7. The van der Waals surface area contributed by atoms with Crippen LogP contribution in [0.5, 0.6) is 0 Å². The van der Waals surface area contributed by atoms with Gasteiger partial charge in [-0.1, -0.05) is 20.3 Å². The number of nitrogens with one attached hydrogen (secondary N) is 1. The first-order valence-electron chi connectivity index (χ1n) is 7.16. The van der Waals surface area contributed by atoms with E-state index in [0.29, 0.717) is 18.5 Å². The van der Waals surface area contributed by atoms with Crippen molar-refractivity contribution in [1.29, 1.82) is 0 Å². The molecule has 0 amide bonds. The van der Waals surface area contributed by atoms with Crippen LogP contribution in [-0.4, -0.2) is 46.7 Å². The lowest BCUT2D eigenvalue weighted by Crippen LogP contribution is -2.48. The summed E-state index contributed by atoms with van der Waals surface area (Å²) in [5, 5.41) is 12.3. The number of carbonyl (C=O) groups is 1. The molecule has 0 aromatic rings. The number of carboxylic acids is 1. The highest BCUT2D eigenvalue weighted by atomic mass is 16.4. The van der Waals surface area contributed by atoms with Crippen LogP contribution in [0.3, 0.4) is 0 Å². The second-order valence-corrected chi connectivity index (χ2v) is 5.87. The molecule has 0 aromatic heterocycles. The van der Waals surface area contributed by atoms with Crippen molar-refractivity contribution in [2.45, 2.75) is 77.5 Å². The lowest BCUT2D eigenvalue weighted by atomic mass is 9.97. The fourth-order valence-electron chi connectivity index (χ4n) is 2.87. The zero-order valence-electron chi connectivity index (χ0n) is 12.1. The molecule has 0 spiro atoms. The first-order chi connectivity index (χ1) is 8.41. The van der Waals surface area contributed by atoms with Crippen LogP contribution in [-0.2, 0) is 4.79 Å². The number of piperidine rings is 1. The number of carboxylic acid groups (broad SMARTS) is 1. The van der Waals surface area contributed by atoms with Crippen LogP contribution in [0.4, 0.5) is 0 Å². The Morgan fingerprint density at radius 2 is 1.89 bits per heavy atom. The maximum atomic E-state index is 11.2. The van der Waals surface area contributed by atoms with Crippen LogP contribution in [0.15, 0.2) is 0 Å². The molecule has 4 heteroatoms. The van der Waals surface area contributed by atoms with Gasteiger partial charge in [0.1, 0.15) is 6.04 Å². The molecule has 0 radical (unpaired) electrons. The van der Waals surface area contributed by atoms with Crippen molar-refractivity contribution in [2.75, 3.05) is 6.54 Å². The number of hydrogen-bond acceptors (Lipinski definition) is 3. The predicted molar refractivity (Wildman–Crippen MR) is 73.8 cm³/mol. The number of likely N-dealkylation sites (tertiary alicyclic amines) is 1. The van der Waals surface area contributed by atoms with Gasteiger partial charge in [0.15, 0.2) is 0 Å². The van der Waals surface area contributed by atoms with Gasteiger partial charge in [-0.2, -0.15) is 0 Å². The number of hydrogen-bond donors (Lipinski definition) is 2. The normalized spacial score (nSPS) is 27.4. The van der Waals surface area contributed by atoms with Crippen LogP contribution in [0.25, 0.3) is 0 Å². The Balaban J connectivity index is 2.47. The predicted octanol–water partition coefficient (Wildman–Crippen LogP) is 2.09. The second-order valence-electron chi connectivity index (χ2n) is 5.87. The summed E-state index contributed by atoms with van der Waals surface area (Å²) in [6, 6.07) is 0.957. The number of rotatable bonds is 6. The average molecular weight is 256 g/mol. The quantitative estimate of drug-likeness (QED) is 0.764. The van der Waals surface area contributed by atoms with E-state index < -0.39 is 12.0 Å². The third kappa shape index (κ3) is 4.58. The van der Waals surface area contributed by atoms with Gasteiger partial charge in [-0.3, -0.25) is 9.69 Å². The third-order valence-electron chi connectivity index (χ3n) is 3.88. The summed E-state index contributed by atoms with van der Waals surface area (Å²) in [5.74, 6) is -0.735. The van der Waals surface area contributed by atoms with E-state index in [2.05, 4.69) is 24.1 Å². The SMILES string of the molecule is CC(C)NC(CCN1C(C)CCCC1C)C(=O)O. The van der Waals surface area contributed by atoms with Crippen molar-refractivity contribution >= 4 is 5.97 Å². The smallest absolute Gasteiger partial charge is 0.320 e. The van der Waals surface area contributed by atoms with E-state index in [4.69, 9.17) is 0 Å². The zero-order valence-corrected chi connectivity index (χ0v) is 12.1. The lowest BCUT2D eigenvalue weighted by Gasteiger charge is -2.39. The molecule has 3 atom stereocenters. The molecule has 3 unspecified atom stereocenters. The summed E-state index contributed by atoms with van der Waals surface area (Å²) in [6.45, 7) is 9.35. The molecule has 4 nitrogen and oxygen atoms in total. The van der Waals surface area contributed by atoms with Gasteiger partial charge < -0.3 is 10.4 Å². The minimum atomic E-state index is -0.735. The highest BCUT2D eigenvalue weighted by Crippen LogP contribution is 2.22. The first kappa shape index (κ1) is 15.4. The summed E-state index contributed by atoms with van der Waals surface area (Å²) in [4.78, 5) is 13.6. The largest absolute Gasteiger partial charge is 0.480 e. The van der Waals surface area contributed by atoms with Crippen LogP contribution in [0.1, 0.15) is 53.4 Å². The Morgan fingerprint density at radius 1 is 1.33 bits per heavy atom. The Labute approximate surface area is 111 Å². The van der Waals surface area contributed by atoms with E-state index in [1.807, 2.05) is 13.8 Å². The van der Waals surface area contributed by atoms with Crippen LogP contribution < -0.4 is 5.32 Å². The van der Waals surface area contributed by atoms with Gasteiger partial charge in [0, 0.05) is 24.7 Å². The molecule has 1 aliphatic heterocycles. The van der Waals surface area contributed by atoms with Crippen LogP contribution in [0, 0.1) is 0 Å². The van der Waals surface area contributed by atoms with E-state index in [1.54, 1.807) is 0 Å². The molecule has 2 N–H and O–H groups in total. The van der Waals surface area contributed by atoms with Gasteiger partial charge in [-0.15, -0.1) is 0 Å². The molecule has 106 valence electrons. The Morgan fingerprint density at radius 3 is 2.33 bits per heavy atom. The van der Waals surface area contributed by atoms with Gasteiger partial charge >= 0.3 is 5.97 Å². The van der Waals surface area contributed by atoms with E-state index in [0.717, 1.165) is 6.54 Å². The Bertz CT molecular complexity index is 259. The summed E-state index contributed by atoms with van der Waals surface area (Å²) < 4.78 is 0. The average Bonchev–Trinajstić information content (AvgIpc) is 2.26. The van der Waals surface area contributed by atoms with Crippen molar-refractivity contribution in [3.05, 3.63) is 0 Å². The van der Waals surface area contributed by atoms with Crippen molar-refractivity contribution in [3.63, 3.8) is 0 Å². The monoisotopic (exact) mass is 256 g/mol. The summed E-state index contributed by atoms with van der Waals surface area (Å²) in [7, 11) is 0. The molecule has 1 aliphatic rings. The highest BCUT2D eigenvalue weighted by molar-refractivity contribution is 5.73. The molecule has 1 rings (SSSR count). The molecular formula is C14H28N2O2. The fraction of sp³-hybridized carbons (Fsp3) is 0.929. The standard InChI is InChI=1S/C14H28N2O2/c1-10(2)15-13(14(17)18)8-9-16-11(3)6-5-7-12(16)4/h10-13,15H,5-9H2,1-4H3,(H,17,18). The van der Waals surface area contributed by atoms with Gasteiger partial charge in [-0.05, 0) is 33.1 Å². The summed E-state index contributed by atoms with van der Waals surface area (Å²) in [5.41, 5.74) is 0. The van der Waals surface area contributed by atoms with Gasteiger partial charge in [0.2, 0.25) is 0 Å². The Hall–Kier alpha value is -0.610. The summed E-state index contributed by atoms with van der Waals surface area (Å²) in [6.07, 6.45) is 4.45. The molecule has 18 heavy (non-hydrogen) atoms. The molecule has 1 heterocycles. The maximum absolute atomic E-state index is 11.2. The van der Waals surface area contributed by atoms with Crippen molar-refractivity contribution in [2.24, 2.45) is 0 Å². The number of nitrogens with zero attached hydrogens (tertiary/aromatic N) is 1. The van der Waals surface area contributed by atoms with Crippen LogP contribution >= 0.6 is 0 Å². The molecule has 0 aliphatic carbocycles. The van der Waals surface area contributed by atoms with E-state index >= 15 is 0 Å². The minimum Gasteiger partial charge on any atom is -0.480 e. The van der Waals surface area contributed by atoms with E-state index in [9.17, 15) is 9.90 Å². The fourth-order valence-corrected chi connectivity index (χ4v) is 2.87. The molecule has 0 saturated carbocycles. The summed E-state index contributed by atoms with van der Waals surface area (Å²) >= 11 is 0. The van der Waals surface area contributed by atoms with Crippen molar-refractivity contribution in [3.8, 4) is 0 Å². The van der Waals surface area contributed by atoms with Crippen LogP contribution in [0.2, 0.25) is 0 Å². The Kier molecular flexibility index (Phi) is 6.09. The first-order valence-corrected chi connectivity index (χ1v) is 7.16. The molecule has 0 aromatic carbocycles. The molecular weight excluding hydrogens is 228 g/mol. The molecule has 0 bridgehead atoms. The topological polar surface area (TPSA) is 52.6 Å². The van der Waals surface area contributed by atoms with Gasteiger partial charge in [-0.25, -0.2) is 0 Å². The third-order valence-corrected chi connectivity index (χ3v) is 3.88. The molecule has 1 saturated heterocycles. The van der Waals surface area contributed by atoms with E-state index in [1.165, 1.54) is 19.3 Å². The highest BCUT2D eigenvalue weighted by Gasteiger charge is 2.26. The second kappa shape index (κ2) is 7.10.